The zero-order chi connectivity index (χ0) is 24.0. The maximum absolute atomic E-state index is 12.7. The van der Waals surface area contributed by atoms with Crippen LogP contribution in [0.3, 0.4) is 0 Å². The Bertz CT molecular complexity index is 948. The number of piperazine rings is 1. The predicted octanol–water partition coefficient (Wildman–Crippen LogP) is 6.10. The molecular weight excluding hydrogens is 436 g/mol. The molecule has 2 aromatic carbocycles. The van der Waals surface area contributed by atoms with Crippen molar-refractivity contribution in [2.24, 2.45) is 11.3 Å². The first-order valence-corrected chi connectivity index (χ1v) is 11.9. The van der Waals surface area contributed by atoms with E-state index >= 15 is 0 Å². The van der Waals surface area contributed by atoms with Crippen LogP contribution in [-0.4, -0.2) is 43.0 Å². The number of hydrogen-bond acceptors (Lipinski definition) is 3. The van der Waals surface area contributed by atoms with Crippen molar-refractivity contribution in [3.63, 3.8) is 0 Å². The Kier molecular flexibility index (Phi) is 8.25. The predicted molar refractivity (Wildman–Crippen MR) is 137 cm³/mol. The summed E-state index contributed by atoms with van der Waals surface area (Å²) in [7, 11) is 0. The van der Waals surface area contributed by atoms with Gasteiger partial charge < -0.3 is 20.4 Å². The number of nitrogens with zero attached hydrogens (tertiary/aromatic N) is 2. The van der Waals surface area contributed by atoms with Crippen molar-refractivity contribution in [1.82, 2.24) is 4.90 Å². The van der Waals surface area contributed by atoms with Crippen LogP contribution in [0.4, 0.5) is 21.9 Å². The van der Waals surface area contributed by atoms with Crippen molar-refractivity contribution in [2.45, 2.75) is 40.5 Å². The van der Waals surface area contributed by atoms with Crippen molar-refractivity contribution in [3.05, 3.63) is 53.6 Å². The van der Waals surface area contributed by atoms with Crippen LogP contribution in [0.1, 0.15) is 40.5 Å². The highest BCUT2D eigenvalue weighted by atomic mass is 35.5. The monoisotopic (exact) mass is 470 g/mol. The summed E-state index contributed by atoms with van der Waals surface area (Å²) in [6, 6.07) is 14.5. The topological polar surface area (TPSA) is 64.7 Å². The van der Waals surface area contributed by atoms with Gasteiger partial charge in [-0.15, -0.1) is 0 Å². The standard InChI is InChI=1S/C26H35ClN4O2/c1-19(18-26(2,3)4)16-24(32)31-14-12-30(13-15-31)23-10-8-21(9-11-23)28-25(33)29-22-7-5-6-20(27)17-22/h5-11,17,19H,12-16,18H2,1-4H3,(H2,28,29,33)/t19-/m0/s1. The van der Waals surface area contributed by atoms with Gasteiger partial charge in [0.15, 0.2) is 0 Å². The second kappa shape index (κ2) is 10.9. The minimum atomic E-state index is -0.321. The molecule has 2 aromatic rings. The first-order chi connectivity index (χ1) is 15.6. The fourth-order valence-corrected chi connectivity index (χ4v) is 4.56. The fourth-order valence-electron chi connectivity index (χ4n) is 4.37. The number of carbonyl (C=O) groups excluding carboxylic acids is 2. The summed E-state index contributed by atoms with van der Waals surface area (Å²) in [6.45, 7) is 11.9. The van der Waals surface area contributed by atoms with Gasteiger partial charge in [0.25, 0.3) is 0 Å². The van der Waals surface area contributed by atoms with E-state index < -0.39 is 0 Å². The number of hydrogen-bond donors (Lipinski definition) is 2. The van der Waals surface area contributed by atoms with Crippen LogP contribution in [0.5, 0.6) is 0 Å². The van der Waals surface area contributed by atoms with Crippen LogP contribution < -0.4 is 15.5 Å². The summed E-state index contributed by atoms with van der Waals surface area (Å²) in [5.74, 6) is 0.656. The van der Waals surface area contributed by atoms with Crippen molar-refractivity contribution in [2.75, 3.05) is 41.7 Å². The van der Waals surface area contributed by atoms with Crippen LogP contribution in [0.15, 0.2) is 48.5 Å². The summed E-state index contributed by atoms with van der Waals surface area (Å²) in [5.41, 5.74) is 2.68. The third kappa shape index (κ3) is 7.97. The Labute approximate surface area is 202 Å². The molecular formula is C26H35ClN4O2. The molecule has 1 fully saturated rings. The van der Waals surface area contributed by atoms with Gasteiger partial charge in [-0.1, -0.05) is 45.4 Å². The van der Waals surface area contributed by atoms with Gasteiger partial charge >= 0.3 is 6.03 Å². The molecule has 1 saturated heterocycles. The van der Waals surface area contributed by atoms with E-state index in [-0.39, 0.29) is 17.4 Å². The van der Waals surface area contributed by atoms with E-state index in [1.165, 1.54) is 0 Å². The summed E-state index contributed by atoms with van der Waals surface area (Å²) >= 11 is 5.95. The van der Waals surface area contributed by atoms with Gasteiger partial charge in [-0.25, -0.2) is 4.79 Å². The Hall–Kier alpha value is -2.73. The molecule has 0 radical (unpaired) electrons. The lowest BCUT2D eigenvalue weighted by Crippen LogP contribution is -2.49. The van der Waals surface area contributed by atoms with E-state index in [2.05, 4.69) is 43.2 Å². The highest BCUT2D eigenvalue weighted by molar-refractivity contribution is 6.30. The van der Waals surface area contributed by atoms with Gasteiger partial charge in [0.1, 0.15) is 0 Å². The van der Waals surface area contributed by atoms with Gasteiger partial charge in [-0.05, 0) is 60.2 Å². The number of nitrogens with one attached hydrogen (secondary N) is 2. The first-order valence-electron chi connectivity index (χ1n) is 11.6. The molecule has 0 aromatic heterocycles. The molecule has 2 N–H and O–H groups in total. The molecule has 0 bridgehead atoms. The zero-order valence-corrected chi connectivity index (χ0v) is 20.8. The zero-order valence-electron chi connectivity index (χ0n) is 20.0. The van der Waals surface area contributed by atoms with E-state index in [4.69, 9.17) is 11.6 Å². The number of amides is 3. The van der Waals surface area contributed by atoms with E-state index in [1.807, 2.05) is 29.2 Å². The molecule has 1 aliphatic heterocycles. The fraction of sp³-hybridized carbons (Fsp3) is 0.462. The van der Waals surface area contributed by atoms with Crippen molar-refractivity contribution < 1.29 is 9.59 Å². The number of urea groups is 1. The Morgan fingerprint density at radius 2 is 1.61 bits per heavy atom. The number of benzene rings is 2. The third-order valence-electron chi connectivity index (χ3n) is 5.69. The average Bonchev–Trinajstić information content (AvgIpc) is 2.73. The second-order valence-electron chi connectivity index (χ2n) is 10.1. The summed E-state index contributed by atoms with van der Waals surface area (Å²) < 4.78 is 0. The average molecular weight is 471 g/mol. The number of carbonyl (C=O) groups is 2. The van der Waals surface area contributed by atoms with Crippen LogP contribution >= 0.6 is 11.6 Å². The maximum Gasteiger partial charge on any atom is 0.323 e. The summed E-state index contributed by atoms with van der Waals surface area (Å²) in [6.07, 6.45) is 1.67. The minimum absolute atomic E-state index is 0.245. The molecule has 6 nitrogen and oxygen atoms in total. The van der Waals surface area contributed by atoms with Crippen LogP contribution in [0.25, 0.3) is 0 Å². The largest absolute Gasteiger partial charge is 0.368 e. The summed E-state index contributed by atoms with van der Waals surface area (Å²) in [4.78, 5) is 29.2. The molecule has 33 heavy (non-hydrogen) atoms. The summed E-state index contributed by atoms with van der Waals surface area (Å²) in [5, 5.41) is 6.17. The number of halogens is 1. The molecule has 3 amide bonds. The SMILES string of the molecule is C[C@@H](CC(=O)N1CCN(c2ccc(NC(=O)Nc3cccc(Cl)c3)cc2)CC1)CC(C)(C)C. The Morgan fingerprint density at radius 1 is 0.970 bits per heavy atom. The molecule has 0 spiro atoms. The normalized spacial score (nSPS) is 15.2. The highest BCUT2D eigenvalue weighted by Gasteiger charge is 2.24. The van der Waals surface area contributed by atoms with Gasteiger partial charge in [0, 0.05) is 54.7 Å². The molecule has 1 aliphatic rings. The van der Waals surface area contributed by atoms with Crippen LogP contribution in [0.2, 0.25) is 5.02 Å². The van der Waals surface area contributed by atoms with Gasteiger partial charge in [-0.2, -0.15) is 0 Å². The molecule has 1 heterocycles. The molecule has 3 rings (SSSR count). The van der Waals surface area contributed by atoms with E-state index in [0.29, 0.717) is 28.7 Å². The van der Waals surface area contributed by atoms with E-state index in [0.717, 1.165) is 38.3 Å². The van der Waals surface area contributed by atoms with E-state index in [9.17, 15) is 9.59 Å². The first kappa shape index (κ1) is 24.9. The van der Waals surface area contributed by atoms with Crippen LogP contribution in [-0.2, 0) is 4.79 Å². The number of anilines is 3. The maximum atomic E-state index is 12.7. The van der Waals surface area contributed by atoms with Gasteiger partial charge in [0.05, 0.1) is 0 Å². The van der Waals surface area contributed by atoms with Crippen molar-refractivity contribution in [3.8, 4) is 0 Å². The Morgan fingerprint density at radius 3 is 2.21 bits per heavy atom. The van der Waals surface area contributed by atoms with Gasteiger partial charge in [-0.3, -0.25) is 4.79 Å². The Balaban J connectivity index is 1.46. The quantitative estimate of drug-likeness (QED) is 0.536. The third-order valence-corrected chi connectivity index (χ3v) is 5.92. The molecule has 1 atom stereocenters. The number of rotatable bonds is 6. The van der Waals surface area contributed by atoms with Crippen molar-refractivity contribution in [1.29, 1.82) is 0 Å². The molecule has 0 unspecified atom stereocenters. The van der Waals surface area contributed by atoms with E-state index in [1.54, 1.807) is 24.3 Å². The lowest BCUT2D eigenvalue weighted by atomic mass is 9.84. The minimum Gasteiger partial charge on any atom is -0.368 e. The van der Waals surface area contributed by atoms with Gasteiger partial charge in [0.2, 0.25) is 5.91 Å². The highest BCUT2D eigenvalue weighted by Crippen LogP contribution is 2.27. The molecule has 178 valence electrons. The molecule has 0 saturated carbocycles. The smallest absolute Gasteiger partial charge is 0.323 e. The lowest BCUT2D eigenvalue weighted by Gasteiger charge is -2.37. The van der Waals surface area contributed by atoms with Crippen LogP contribution in [0, 0.1) is 11.3 Å². The molecule has 0 aliphatic carbocycles. The van der Waals surface area contributed by atoms with Crippen molar-refractivity contribution >= 4 is 40.6 Å². The lowest BCUT2D eigenvalue weighted by molar-refractivity contribution is -0.132. The molecule has 7 heteroatoms. The second-order valence-corrected chi connectivity index (χ2v) is 10.5.